The predicted molar refractivity (Wildman–Crippen MR) is 103 cm³/mol. The van der Waals surface area contributed by atoms with Crippen LogP contribution < -0.4 is 10.6 Å². The zero-order valence-electron chi connectivity index (χ0n) is 14.7. The van der Waals surface area contributed by atoms with Crippen LogP contribution in [0.15, 0.2) is 48.5 Å². The maximum absolute atomic E-state index is 12.5. The number of nitrogens with zero attached hydrogens (tertiary/aromatic N) is 2. The normalized spacial score (nSPS) is 11.9. The minimum Gasteiger partial charge on any atom is -0.348 e. The van der Waals surface area contributed by atoms with E-state index in [0.717, 1.165) is 34.5 Å². The Hall–Kier alpha value is -4.34. The van der Waals surface area contributed by atoms with Gasteiger partial charge in [0, 0.05) is 35.3 Å². The monoisotopic (exact) mass is 392 g/mol. The average Bonchev–Trinajstić information content (AvgIpc) is 3.04. The second-order valence-corrected chi connectivity index (χ2v) is 6.39. The lowest BCUT2D eigenvalue weighted by molar-refractivity contribution is -0.394. The molecule has 0 aliphatic carbocycles. The van der Waals surface area contributed by atoms with E-state index >= 15 is 0 Å². The maximum Gasteiger partial charge on any atom is 0.277 e. The first-order valence-electron chi connectivity index (χ1n) is 8.43. The van der Waals surface area contributed by atoms with Gasteiger partial charge in [0.1, 0.15) is 0 Å². The lowest BCUT2D eigenvalue weighted by Gasteiger charge is -2.10. The third-order valence-corrected chi connectivity index (χ3v) is 4.65. The van der Waals surface area contributed by atoms with Crippen molar-refractivity contribution in [2.24, 2.45) is 0 Å². The van der Waals surface area contributed by atoms with Gasteiger partial charge in [0.2, 0.25) is 0 Å². The number of non-ortho nitro benzene ring substituents is 2. The summed E-state index contributed by atoms with van der Waals surface area (Å²) in [6, 6.07) is 11.5. The van der Waals surface area contributed by atoms with E-state index in [9.17, 15) is 29.8 Å². The Morgan fingerprint density at radius 3 is 2.34 bits per heavy atom. The van der Waals surface area contributed by atoms with E-state index in [1.165, 1.54) is 0 Å². The molecule has 1 heterocycles. The molecular weight excluding hydrogens is 380 g/mol. The number of carbonyl (C=O) groups is 2. The molecule has 0 saturated heterocycles. The summed E-state index contributed by atoms with van der Waals surface area (Å²) < 4.78 is 0. The number of carbonyl (C=O) groups excluding carboxylic acids is 2. The van der Waals surface area contributed by atoms with Crippen LogP contribution in [-0.2, 0) is 6.54 Å². The Morgan fingerprint density at radius 1 is 1.00 bits per heavy atom. The molecule has 0 saturated carbocycles. The molecule has 144 valence electrons. The van der Waals surface area contributed by atoms with E-state index in [1.807, 2.05) is 6.07 Å². The summed E-state index contributed by atoms with van der Waals surface area (Å²) in [4.78, 5) is 44.9. The molecule has 29 heavy (non-hydrogen) atoms. The van der Waals surface area contributed by atoms with E-state index in [-0.39, 0.29) is 18.0 Å². The van der Waals surface area contributed by atoms with E-state index in [1.54, 1.807) is 24.3 Å². The first-order valence-corrected chi connectivity index (χ1v) is 8.43. The van der Waals surface area contributed by atoms with Gasteiger partial charge in [-0.25, -0.2) is 0 Å². The van der Waals surface area contributed by atoms with E-state index < -0.39 is 27.1 Å². The van der Waals surface area contributed by atoms with Crippen LogP contribution in [0.4, 0.5) is 17.1 Å². The van der Waals surface area contributed by atoms with Crippen LogP contribution in [0.5, 0.6) is 0 Å². The minimum atomic E-state index is -0.795. The molecule has 10 heteroatoms. The van der Waals surface area contributed by atoms with E-state index in [2.05, 4.69) is 10.6 Å². The summed E-state index contributed by atoms with van der Waals surface area (Å²) in [6.07, 6.45) is 0. The number of rotatable bonds is 5. The number of nitro benzene ring substituents is 2. The number of amides is 2. The second-order valence-electron chi connectivity index (χ2n) is 6.39. The van der Waals surface area contributed by atoms with Crippen molar-refractivity contribution in [3.8, 4) is 0 Å². The van der Waals surface area contributed by atoms with Gasteiger partial charge in [0.25, 0.3) is 23.2 Å². The SMILES string of the molecule is O=C(NCc1ccc2c3c(cccc13)C(=O)N2)c1cc([N+](=O)[O-])cc([N+](=O)[O-])c1. The molecule has 0 fully saturated rings. The van der Waals surface area contributed by atoms with Gasteiger partial charge >= 0.3 is 0 Å². The van der Waals surface area contributed by atoms with E-state index in [0.29, 0.717) is 11.3 Å². The van der Waals surface area contributed by atoms with Gasteiger partial charge < -0.3 is 10.6 Å². The number of nitrogens with one attached hydrogen (secondary N) is 2. The largest absolute Gasteiger partial charge is 0.348 e. The van der Waals surface area contributed by atoms with Crippen LogP contribution in [-0.4, -0.2) is 21.7 Å². The zero-order chi connectivity index (χ0) is 20.7. The standard InChI is InChI=1S/C19H12N4O6/c24-18(11-6-12(22(26)27)8-13(7-11)23(28)29)20-9-10-4-5-16-17-14(10)2-1-3-15(17)19(25)21-16/h1-8H,9H2,(H,20,24)(H,21,25). The molecule has 1 aliphatic rings. The number of hydrogen-bond donors (Lipinski definition) is 2. The first-order chi connectivity index (χ1) is 13.8. The molecule has 0 atom stereocenters. The number of benzene rings is 3. The van der Waals surface area contributed by atoms with Crippen LogP contribution in [0.2, 0.25) is 0 Å². The quantitative estimate of drug-likeness (QED) is 0.504. The summed E-state index contributed by atoms with van der Waals surface area (Å²) in [5.74, 6) is -0.884. The minimum absolute atomic E-state index is 0.0732. The van der Waals surface area contributed by atoms with Crippen molar-refractivity contribution in [1.82, 2.24) is 5.32 Å². The predicted octanol–water partition coefficient (Wildman–Crippen LogP) is 3.15. The van der Waals surface area contributed by atoms with E-state index in [4.69, 9.17) is 0 Å². The van der Waals surface area contributed by atoms with Crippen molar-refractivity contribution < 1.29 is 19.4 Å². The molecule has 4 rings (SSSR count). The number of anilines is 1. The lowest BCUT2D eigenvalue weighted by Crippen LogP contribution is -2.23. The van der Waals surface area contributed by atoms with Gasteiger partial charge in [-0.3, -0.25) is 29.8 Å². The molecule has 0 aromatic heterocycles. The van der Waals surface area contributed by atoms with Crippen LogP contribution >= 0.6 is 0 Å². The van der Waals surface area contributed by atoms with Crippen LogP contribution in [0.1, 0.15) is 26.3 Å². The Bertz CT molecular complexity index is 1200. The molecular formula is C19H12N4O6. The summed E-state index contributed by atoms with van der Waals surface area (Å²) >= 11 is 0. The van der Waals surface area contributed by atoms with Crippen molar-refractivity contribution in [2.75, 3.05) is 5.32 Å². The third kappa shape index (κ3) is 3.12. The molecule has 10 nitrogen and oxygen atoms in total. The number of nitro groups is 2. The fourth-order valence-corrected chi connectivity index (χ4v) is 3.32. The van der Waals surface area contributed by atoms with Gasteiger partial charge in [-0.2, -0.15) is 0 Å². The second kappa shape index (κ2) is 6.68. The molecule has 0 bridgehead atoms. The summed E-state index contributed by atoms with van der Waals surface area (Å²) in [5.41, 5.74) is 0.688. The highest BCUT2D eigenvalue weighted by Crippen LogP contribution is 2.34. The summed E-state index contributed by atoms with van der Waals surface area (Å²) in [7, 11) is 0. The van der Waals surface area contributed by atoms with Gasteiger partial charge in [-0.15, -0.1) is 0 Å². The Kier molecular flexibility index (Phi) is 4.15. The highest BCUT2D eigenvalue weighted by atomic mass is 16.6. The maximum atomic E-state index is 12.5. The van der Waals surface area contributed by atoms with Crippen molar-refractivity contribution in [2.45, 2.75) is 6.54 Å². The Labute approximate surface area is 162 Å². The molecule has 2 N–H and O–H groups in total. The van der Waals surface area contributed by atoms with Crippen molar-refractivity contribution >= 4 is 39.6 Å². The molecule has 0 radical (unpaired) electrons. The fourth-order valence-electron chi connectivity index (χ4n) is 3.32. The summed E-state index contributed by atoms with van der Waals surface area (Å²) in [6.45, 7) is 0.0732. The fraction of sp³-hybridized carbons (Fsp3) is 0.0526. The van der Waals surface area contributed by atoms with Gasteiger partial charge in [0.05, 0.1) is 21.5 Å². The van der Waals surface area contributed by atoms with Gasteiger partial charge in [-0.05, 0) is 23.1 Å². The highest BCUT2D eigenvalue weighted by Gasteiger charge is 2.23. The summed E-state index contributed by atoms with van der Waals surface area (Å²) in [5, 5.41) is 28.9. The molecule has 0 spiro atoms. The zero-order valence-corrected chi connectivity index (χ0v) is 14.7. The molecule has 2 amide bonds. The van der Waals surface area contributed by atoms with Crippen LogP contribution in [0, 0.1) is 20.2 Å². The smallest absolute Gasteiger partial charge is 0.277 e. The van der Waals surface area contributed by atoms with Gasteiger partial charge in [-0.1, -0.05) is 18.2 Å². The molecule has 3 aromatic rings. The Balaban J connectivity index is 1.63. The van der Waals surface area contributed by atoms with Crippen molar-refractivity contribution in [3.63, 3.8) is 0 Å². The van der Waals surface area contributed by atoms with Crippen molar-refractivity contribution in [1.29, 1.82) is 0 Å². The highest BCUT2D eigenvalue weighted by molar-refractivity contribution is 6.24. The molecule has 3 aromatic carbocycles. The van der Waals surface area contributed by atoms with Gasteiger partial charge in [0.15, 0.2) is 0 Å². The van der Waals surface area contributed by atoms with Crippen LogP contribution in [0.3, 0.4) is 0 Å². The van der Waals surface area contributed by atoms with Crippen molar-refractivity contribution in [3.05, 3.63) is 85.4 Å². The number of hydrogen-bond acceptors (Lipinski definition) is 6. The van der Waals surface area contributed by atoms with Crippen LogP contribution in [0.25, 0.3) is 10.8 Å². The molecule has 1 aliphatic heterocycles. The average molecular weight is 392 g/mol. The Morgan fingerprint density at radius 2 is 1.69 bits per heavy atom. The first kappa shape index (κ1) is 18.0. The lowest BCUT2D eigenvalue weighted by atomic mass is 10.0. The topological polar surface area (TPSA) is 144 Å². The third-order valence-electron chi connectivity index (χ3n) is 4.65. The molecule has 0 unspecified atom stereocenters.